The number of nitrogens with zero attached hydrogens (tertiary/aromatic N) is 2. The number of carbonyl (C=O) groups excluding carboxylic acids is 2. The van der Waals surface area contributed by atoms with Crippen LogP contribution < -0.4 is 10.9 Å². The van der Waals surface area contributed by atoms with E-state index in [-0.39, 0.29) is 12.3 Å². The van der Waals surface area contributed by atoms with Gasteiger partial charge in [-0.1, -0.05) is 6.07 Å². The van der Waals surface area contributed by atoms with Crippen molar-refractivity contribution in [2.75, 3.05) is 5.32 Å². The van der Waals surface area contributed by atoms with Crippen LogP contribution in [0.5, 0.6) is 0 Å². The van der Waals surface area contributed by atoms with Crippen molar-refractivity contribution in [3.05, 3.63) is 70.5 Å². The highest BCUT2D eigenvalue weighted by atomic mass is 32.1. The van der Waals surface area contributed by atoms with Crippen LogP contribution in [0.4, 0.5) is 10.1 Å². The maximum atomic E-state index is 14.1. The lowest BCUT2D eigenvalue weighted by atomic mass is 10.1. The zero-order valence-corrected chi connectivity index (χ0v) is 15.5. The number of hydrogen-bond donors (Lipinski definition) is 1. The first kappa shape index (κ1) is 18.0. The topological polar surface area (TPSA) is 81.1 Å². The van der Waals surface area contributed by atoms with Crippen molar-refractivity contribution in [3.63, 3.8) is 0 Å². The Hall–Kier alpha value is -3.39. The highest BCUT2D eigenvalue weighted by molar-refractivity contribution is 7.25. The van der Waals surface area contributed by atoms with Gasteiger partial charge in [-0.2, -0.15) is 0 Å². The summed E-state index contributed by atoms with van der Waals surface area (Å²) in [7, 11) is 0. The van der Waals surface area contributed by atoms with E-state index in [4.69, 9.17) is 0 Å². The summed E-state index contributed by atoms with van der Waals surface area (Å²) in [6.07, 6.45) is 1.25. The number of anilines is 1. The molecule has 140 valence electrons. The normalized spacial score (nSPS) is 11.1. The largest absolute Gasteiger partial charge is 0.325 e. The molecule has 1 amide bonds. The zero-order chi connectivity index (χ0) is 19.8. The highest BCUT2D eigenvalue weighted by Crippen LogP contribution is 2.31. The van der Waals surface area contributed by atoms with Crippen LogP contribution in [0.25, 0.3) is 20.3 Å². The van der Waals surface area contributed by atoms with E-state index in [1.54, 1.807) is 36.4 Å². The van der Waals surface area contributed by atoms with Gasteiger partial charge in [-0.3, -0.25) is 19.0 Å². The monoisotopic (exact) mass is 395 g/mol. The van der Waals surface area contributed by atoms with Crippen molar-refractivity contribution in [1.82, 2.24) is 9.55 Å². The second kappa shape index (κ2) is 6.97. The van der Waals surface area contributed by atoms with Gasteiger partial charge in [0.15, 0.2) is 5.78 Å². The summed E-state index contributed by atoms with van der Waals surface area (Å²) in [5.74, 6) is -0.908. The minimum absolute atomic E-state index is 0.0661. The Labute approximate surface area is 162 Å². The van der Waals surface area contributed by atoms with E-state index in [9.17, 15) is 18.8 Å². The van der Waals surface area contributed by atoms with Crippen molar-refractivity contribution in [3.8, 4) is 0 Å². The van der Waals surface area contributed by atoms with Crippen molar-refractivity contribution in [1.29, 1.82) is 0 Å². The smallest absolute Gasteiger partial charge is 0.271 e. The summed E-state index contributed by atoms with van der Waals surface area (Å²) in [5, 5.41) is 2.99. The fraction of sp³-hybridized carbons (Fsp3) is 0.100. The molecule has 0 bridgehead atoms. The third kappa shape index (κ3) is 3.18. The molecule has 0 aliphatic carbocycles. The predicted molar refractivity (Wildman–Crippen MR) is 106 cm³/mol. The maximum Gasteiger partial charge on any atom is 0.271 e. The Balaban J connectivity index is 1.61. The SMILES string of the molecule is CC(=O)c1ccc(NC(=O)Cn2cnc3c(sc4cccc(F)c43)c2=O)cc1. The van der Waals surface area contributed by atoms with E-state index in [0.29, 0.717) is 31.6 Å². The molecule has 8 heteroatoms. The van der Waals surface area contributed by atoms with E-state index in [1.807, 2.05) is 0 Å². The van der Waals surface area contributed by atoms with Gasteiger partial charge in [0.05, 0.1) is 17.2 Å². The standard InChI is InChI=1S/C20H14FN3O3S/c1-11(25)12-5-7-13(8-6-12)23-16(26)9-24-10-22-18-17-14(21)3-2-4-15(17)28-19(18)20(24)27/h2-8,10H,9H2,1H3,(H,23,26). The third-order valence-corrected chi connectivity index (χ3v) is 5.44. The Bertz CT molecular complexity index is 1290. The second-order valence-corrected chi connectivity index (χ2v) is 7.30. The molecule has 0 unspecified atom stereocenters. The predicted octanol–water partition coefficient (Wildman–Crippen LogP) is 3.59. The van der Waals surface area contributed by atoms with Crippen LogP contribution in [-0.4, -0.2) is 21.2 Å². The van der Waals surface area contributed by atoms with Gasteiger partial charge in [-0.15, -0.1) is 11.3 Å². The second-order valence-electron chi connectivity index (χ2n) is 6.25. The van der Waals surface area contributed by atoms with Gasteiger partial charge in [0.25, 0.3) is 5.56 Å². The van der Waals surface area contributed by atoms with Crippen LogP contribution in [0, 0.1) is 5.82 Å². The van der Waals surface area contributed by atoms with Gasteiger partial charge < -0.3 is 5.32 Å². The third-order valence-electron chi connectivity index (χ3n) is 4.31. The van der Waals surface area contributed by atoms with Crippen molar-refractivity contribution < 1.29 is 14.0 Å². The number of thiophene rings is 1. The molecule has 2 aromatic heterocycles. The number of ketones is 1. The minimum Gasteiger partial charge on any atom is -0.325 e. The Morgan fingerprint density at radius 2 is 1.93 bits per heavy atom. The fourth-order valence-electron chi connectivity index (χ4n) is 2.93. The number of nitrogens with one attached hydrogen (secondary N) is 1. The van der Waals surface area contributed by atoms with Crippen LogP contribution in [0.3, 0.4) is 0 Å². The van der Waals surface area contributed by atoms with Crippen LogP contribution in [-0.2, 0) is 11.3 Å². The Kier molecular flexibility index (Phi) is 4.48. The first-order valence-corrected chi connectivity index (χ1v) is 9.22. The number of halogens is 1. The van der Waals surface area contributed by atoms with Crippen LogP contribution in [0.1, 0.15) is 17.3 Å². The molecular formula is C20H14FN3O3S. The number of Topliss-reactive ketones (excluding diaryl/α,β-unsaturated/α-hetero) is 1. The number of hydrogen-bond acceptors (Lipinski definition) is 5. The molecule has 0 saturated heterocycles. The molecule has 6 nitrogen and oxygen atoms in total. The Morgan fingerprint density at radius 1 is 1.18 bits per heavy atom. The van der Waals surface area contributed by atoms with Gasteiger partial charge in [-0.25, -0.2) is 9.37 Å². The number of aromatic nitrogens is 2. The van der Waals surface area contributed by atoms with E-state index < -0.39 is 17.3 Å². The average Bonchev–Trinajstić information content (AvgIpc) is 3.05. The highest BCUT2D eigenvalue weighted by Gasteiger charge is 2.15. The van der Waals surface area contributed by atoms with Gasteiger partial charge in [0.2, 0.25) is 5.91 Å². The lowest BCUT2D eigenvalue weighted by molar-refractivity contribution is -0.116. The van der Waals surface area contributed by atoms with E-state index in [2.05, 4.69) is 10.3 Å². The summed E-state index contributed by atoms with van der Waals surface area (Å²) in [5.41, 5.74) is 0.967. The molecule has 0 atom stereocenters. The van der Waals surface area contributed by atoms with Crippen molar-refractivity contribution >= 4 is 49.0 Å². The number of rotatable bonds is 4. The quantitative estimate of drug-likeness (QED) is 0.536. The lowest BCUT2D eigenvalue weighted by Gasteiger charge is -2.07. The number of carbonyl (C=O) groups is 2. The van der Waals surface area contributed by atoms with Gasteiger partial charge in [0.1, 0.15) is 17.1 Å². The molecule has 0 fully saturated rings. The van der Waals surface area contributed by atoms with E-state index in [1.165, 1.54) is 23.9 Å². The molecule has 0 aliphatic rings. The molecule has 0 saturated carbocycles. The molecule has 4 aromatic rings. The molecule has 1 N–H and O–H groups in total. The van der Waals surface area contributed by atoms with Crippen LogP contribution in [0.15, 0.2) is 53.6 Å². The average molecular weight is 395 g/mol. The molecule has 0 radical (unpaired) electrons. The molecule has 2 heterocycles. The van der Waals surface area contributed by atoms with Gasteiger partial charge >= 0.3 is 0 Å². The van der Waals surface area contributed by atoms with Gasteiger partial charge in [-0.05, 0) is 43.3 Å². The minimum atomic E-state index is -0.430. The molecule has 4 rings (SSSR count). The van der Waals surface area contributed by atoms with Crippen molar-refractivity contribution in [2.45, 2.75) is 13.5 Å². The summed E-state index contributed by atoms with van der Waals surface area (Å²) >= 11 is 1.15. The maximum absolute atomic E-state index is 14.1. The van der Waals surface area contributed by atoms with Crippen LogP contribution in [0.2, 0.25) is 0 Å². The molecule has 0 aliphatic heterocycles. The number of benzene rings is 2. The first-order chi connectivity index (χ1) is 13.4. The summed E-state index contributed by atoms with van der Waals surface area (Å²) in [6.45, 7) is 1.23. The summed E-state index contributed by atoms with van der Waals surface area (Å²) < 4.78 is 16.2. The van der Waals surface area contributed by atoms with Crippen LogP contribution >= 0.6 is 11.3 Å². The lowest BCUT2D eigenvalue weighted by Crippen LogP contribution is -2.27. The number of amides is 1. The van der Waals surface area contributed by atoms with E-state index >= 15 is 0 Å². The fourth-order valence-corrected chi connectivity index (χ4v) is 4.04. The molecular weight excluding hydrogens is 381 g/mol. The van der Waals surface area contributed by atoms with Gasteiger partial charge in [0, 0.05) is 16.0 Å². The molecule has 0 spiro atoms. The summed E-state index contributed by atoms with van der Waals surface area (Å²) in [4.78, 5) is 40.5. The zero-order valence-electron chi connectivity index (χ0n) is 14.7. The van der Waals surface area contributed by atoms with E-state index in [0.717, 1.165) is 11.3 Å². The van der Waals surface area contributed by atoms with Crippen molar-refractivity contribution in [2.24, 2.45) is 0 Å². The first-order valence-electron chi connectivity index (χ1n) is 8.41. The summed E-state index contributed by atoms with van der Waals surface area (Å²) in [6, 6.07) is 11.1. The molecule has 28 heavy (non-hydrogen) atoms. The Morgan fingerprint density at radius 3 is 2.64 bits per heavy atom. The number of fused-ring (bicyclic) bond motifs is 3. The molecule has 2 aromatic carbocycles.